The van der Waals surface area contributed by atoms with Gasteiger partial charge in [-0.3, -0.25) is 9.59 Å². The maximum Gasteiger partial charge on any atom is 0.275 e. The van der Waals surface area contributed by atoms with Gasteiger partial charge in [0.2, 0.25) is 0 Å². The lowest BCUT2D eigenvalue weighted by atomic mass is 10.1. The molecule has 0 saturated carbocycles. The van der Waals surface area contributed by atoms with Crippen LogP contribution >= 0.6 is 39.0 Å². The SMILES string of the molecule is Cc1nc(C(=O)N2CSC[C@H]2CNC(=O)c2cccc(Br)c2)c(-c2ccc(F)cc2)s1. The Labute approximate surface area is 196 Å². The maximum atomic E-state index is 13.4. The van der Waals surface area contributed by atoms with E-state index in [1.807, 2.05) is 19.1 Å². The molecule has 1 aliphatic heterocycles. The Bertz CT molecular complexity index is 1120. The van der Waals surface area contributed by atoms with Crippen molar-refractivity contribution < 1.29 is 14.0 Å². The molecule has 160 valence electrons. The van der Waals surface area contributed by atoms with E-state index in [9.17, 15) is 14.0 Å². The normalized spacial score (nSPS) is 15.8. The average Bonchev–Trinajstić information content (AvgIpc) is 3.38. The Balaban J connectivity index is 1.49. The van der Waals surface area contributed by atoms with Crippen molar-refractivity contribution in [2.45, 2.75) is 13.0 Å². The molecule has 0 spiro atoms. The Hall–Kier alpha value is -2.23. The summed E-state index contributed by atoms with van der Waals surface area (Å²) in [5.74, 6) is 0.599. The molecular formula is C22H19BrFN3O2S2. The second kappa shape index (κ2) is 9.50. The molecule has 1 aliphatic rings. The number of carbonyl (C=O) groups excluding carboxylic acids is 2. The number of nitrogens with zero attached hydrogens (tertiary/aromatic N) is 2. The van der Waals surface area contributed by atoms with E-state index >= 15 is 0 Å². The molecule has 5 nitrogen and oxygen atoms in total. The lowest BCUT2D eigenvalue weighted by molar-refractivity contribution is 0.0732. The number of amides is 2. The minimum Gasteiger partial charge on any atom is -0.350 e. The first-order valence-corrected chi connectivity index (χ1v) is 12.3. The molecule has 1 aromatic heterocycles. The van der Waals surface area contributed by atoms with Crippen molar-refractivity contribution in [1.29, 1.82) is 0 Å². The van der Waals surface area contributed by atoms with Gasteiger partial charge in [0.1, 0.15) is 11.5 Å². The largest absolute Gasteiger partial charge is 0.350 e. The van der Waals surface area contributed by atoms with Gasteiger partial charge in [0.25, 0.3) is 11.8 Å². The fourth-order valence-electron chi connectivity index (χ4n) is 3.32. The van der Waals surface area contributed by atoms with Gasteiger partial charge in [-0.2, -0.15) is 0 Å². The molecule has 1 fully saturated rings. The molecule has 0 bridgehead atoms. The van der Waals surface area contributed by atoms with E-state index < -0.39 is 0 Å². The van der Waals surface area contributed by atoms with Crippen LogP contribution in [0.25, 0.3) is 10.4 Å². The van der Waals surface area contributed by atoms with Gasteiger partial charge in [-0.1, -0.05) is 34.1 Å². The molecule has 9 heteroatoms. The Kier molecular flexibility index (Phi) is 6.74. The van der Waals surface area contributed by atoms with Crippen LogP contribution in [0.5, 0.6) is 0 Å². The quantitative estimate of drug-likeness (QED) is 0.517. The van der Waals surface area contributed by atoms with Crippen molar-refractivity contribution >= 4 is 50.8 Å². The lowest BCUT2D eigenvalue weighted by Crippen LogP contribution is -2.44. The zero-order valence-corrected chi connectivity index (χ0v) is 19.8. The number of aryl methyl sites for hydroxylation is 1. The zero-order chi connectivity index (χ0) is 22.0. The molecule has 0 unspecified atom stereocenters. The van der Waals surface area contributed by atoms with Crippen molar-refractivity contribution in [3.05, 3.63) is 75.1 Å². The highest BCUT2D eigenvalue weighted by Crippen LogP contribution is 2.33. The molecular weight excluding hydrogens is 501 g/mol. The molecule has 2 heterocycles. The lowest BCUT2D eigenvalue weighted by Gasteiger charge is -2.24. The van der Waals surface area contributed by atoms with Crippen LogP contribution in [0.3, 0.4) is 0 Å². The van der Waals surface area contributed by atoms with Gasteiger partial charge in [0.15, 0.2) is 0 Å². The van der Waals surface area contributed by atoms with Crippen LogP contribution in [0, 0.1) is 12.7 Å². The van der Waals surface area contributed by atoms with E-state index in [1.165, 1.54) is 23.5 Å². The topological polar surface area (TPSA) is 62.3 Å². The highest BCUT2D eigenvalue weighted by atomic mass is 79.9. The van der Waals surface area contributed by atoms with Crippen LogP contribution in [0.2, 0.25) is 0 Å². The van der Waals surface area contributed by atoms with Crippen LogP contribution < -0.4 is 5.32 Å². The van der Waals surface area contributed by atoms with Gasteiger partial charge in [0.05, 0.1) is 21.8 Å². The summed E-state index contributed by atoms with van der Waals surface area (Å²) in [6, 6.07) is 13.1. The molecule has 3 aromatic rings. The third kappa shape index (κ3) is 4.99. The minimum absolute atomic E-state index is 0.128. The molecule has 1 atom stereocenters. The number of rotatable bonds is 5. The molecule has 1 saturated heterocycles. The summed E-state index contributed by atoms with van der Waals surface area (Å²) < 4.78 is 14.2. The van der Waals surface area contributed by atoms with E-state index in [2.05, 4.69) is 26.2 Å². The predicted molar refractivity (Wildman–Crippen MR) is 126 cm³/mol. The number of benzene rings is 2. The third-order valence-corrected chi connectivity index (χ3v) is 7.46. The number of aromatic nitrogens is 1. The van der Waals surface area contributed by atoms with Crippen LogP contribution in [-0.2, 0) is 0 Å². The van der Waals surface area contributed by atoms with E-state index in [1.54, 1.807) is 40.9 Å². The van der Waals surface area contributed by atoms with Crippen LogP contribution in [0.15, 0.2) is 53.0 Å². The molecule has 1 N–H and O–H groups in total. The summed E-state index contributed by atoms with van der Waals surface area (Å²) in [7, 11) is 0. The predicted octanol–water partition coefficient (Wildman–Crippen LogP) is 4.97. The smallest absolute Gasteiger partial charge is 0.275 e. The van der Waals surface area contributed by atoms with Gasteiger partial charge >= 0.3 is 0 Å². The fourth-order valence-corrected chi connectivity index (χ4v) is 5.84. The number of halogens is 2. The first kappa shape index (κ1) is 22.0. The summed E-state index contributed by atoms with van der Waals surface area (Å²) in [6.45, 7) is 2.21. The minimum atomic E-state index is -0.324. The Morgan fingerprint density at radius 1 is 1.26 bits per heavy atom. The summed E-state index contributed by atoms with van der Waals surface area (Å²) in [6.07, 6.45) is 0. The van der Waals surface area contributed by atoms with Crippen molar-refractivity contribution in [2.75, 3.05) is 18.2 Å². The monoisotopic (exact) mass is 519 g/mol. The highest BCUT2D eigenvalue weighted by molar-refractivity contribution is 9.10. The van der Waals surface area contributed by atoms with Crippen molar-refractivity contribution in [1.82, 2.24) is 15.2 Å². The van der Waals surface area contributed by atoms with Crippen molar-refractivity contribution in [3.63, 3.8) is 0 Å². The molecule has 0 aliphatic carbocycles. The number of carbonyl (C=O) groups is 2. The van der Waals surface area contributed by atoms with Crippen molar-refractivity contribution in [2.24, 2.45) is 0 Å². The fraction of sp³-hybridized carbons (Fsp3) is 0.227. The third-order valence-electron chi connectivity index (χ3n) is 4.87. The Morgan fingerprint density at radius 3 is 2.77 bits per heavy atom. The van der Waals surface area contributed by atoms with Crippen LogP contribution in [0.4, 0.5) is 4.39 Å². The molecule has 0 radical (unpaired) electrons. The Morgan fingerprint density at radius 2 is 2.03 bits per heavy atom. The molecule has 2 aromatic carbocycles. The van der Waals surface area contributed by atoms with E-state index in [0.717, 1.165) is 25.7 Å². The average molecular weight is 520 g/mol. The second-order valence-electron chi connectivity index (χ2n) is 7.07. The molecule has 4 rings (SSSR count). The van der Waals surface area contributed by atoms with E-state index in [4.69, 9.17) is 0 Å². The summed E-state index contributed by atoms with van der Waals surface area (Å²) in [4.78, 5) is 32.8. The van der Waals surface area contributed by atoms with Gasteiger partial charge in [-0.05, 0) is 42.8 Å². The summed E-state index contributed by atoms with van der Waals surface area (Å²) in [5, 5.41) is 3.71. The number of nitrogens with one attached hydrogen (secondary N) is 1. The maximum absolute atomic E-state index is 13.4. The molecule has 31 heavy (non-hydrogen) atoms. The number of hydrogen-bond donors (Lipinski definition) is 1. The first-order chi connectivity index (χ1) is 14.9. The van der Waals surface area contributed by atoms with E-state index in [0.29, 0.717) is 23.7 Å². The first-order valence-electron chi connectivity index (χ1n) is 9.58. The number of hydrogen-bond acceptors (Lipinski definition) is 5. The van der Waals surface area contributed by atoms with E-state index in [-0.39, 0.29) is 23.7 Å². The number of thiazole rings is 1. The van der Waals surface area contributed by atoms with Gasteiger partial charge in [0, 0.05) is 22.3 Å². The second-order valence-corrected chi connectivity index (χ2v) is 10.2. The summed E-state index contributed by atoms with van der Waals surface area (Å²) >= 11 is 6.43. The van der Waals surface area contributed by atoms with Gasteiger partial charge in [-0.15, -0.1) is 23.1 Å². The van der Waals surface area contributed by atoms with Gasteiger partial charge < -0.3 is 10.2 Å². The van der Waals surface area contributed by atoms with Crippen LogP contribution in [0.1, 0.15) is 25.9 Å². The van der Waals surface area contributed by atoms with Crippen molar-refractivity contribution in [3.8, 4) is 10.4 Å². The zero-order valence-electron chi connectivity index (χ0n) is 16.6. The van der Waals surface area contributed by atoms with Gasteiger partial charge in [-0.25, -0.2) is 9.37 Å². The number of thioether (sulfide) groups is 1. The highest BCUT2D eigenvalue weighted by Gasteiger charge is 2.33. The van der Waals surface area contributed by atoms with Crippen LogP contribution in [-0.4, -0.2) is 45.9 Å². The summed E-state index contributed by atoms with van der Waals surface area (Å²) in [5.41, 5.74) is 1.70. The molecule has 2 amide bonds. The standard InChI is InChI=1S/C22H19BrFN3O2S2/c1-13-26-19(20(31-13)14-5-7-17(24)8-6-14)22(29)27-12-30-11-18(27)10-25-21(28)15-3-2-4-16(23)9-15/h2-9,18H,10-12H2,1H3,(H,25,28)/t18-/m1/s1.